The van der Waals surface area contributed by atoms with E-state index in [1.807, 2.05) is 13.8 Å². The average molecular weight is 297 g/mol. The van der Waals surface area contributed by atoms with Crippen molar-refractivity contribution in [2.75, 3.05) is 5.73 Å². The van der Waals surface area contributed by atoms with Gasteiger partial charge >= 0.3 is 6.18 Å². The minimum Gasteiger partial charge on any atom is -0.383 e. The number of aryl methyl sites for hydroxylation is 1. The summed E-state index contributed by atoms with van der Waals surface area (Å²) in [5.74, 6) is 1.01. The van der Waals surface area contributed by atoms with E-state index < -0.39 is 11.7 Å². The second kappa shape index (κ2) is 5.79. The molecule has 2 aromatic rings. The van der Waals surface area contributed by atoms with E-state index in [1.54, 1.807) is 10.6 Å². The minimum absolute atomic E-state index is 0.0343. The van der Waals surface area contributed by atoms with Gasteiger partial charge in [0.15, 0.2) is 0 Å². The van der Waals surface area contributed by atoms with E-state index in [-0.39, 0.29) is 11.3 Å². The standard InChI is InChI=1S/C15H18F3N3/c1-3-9-21-12(4-2)20-13(14(21)19)10-7-5-6-8-11(10)15(16,17)18/h5-8H,3-4,9,19H2,1-2H3. The largest absolute Gasteiger partial charge is 0.417 e. The molecule has 114 valence electrons. The van der Waals surface area contributed by atoms with Crippen LogP contribution in [0.25, 0.3) is 11.3 Å². The van der Waals surface area contributed by atoms with Gasteiger partial charge in [0.1, 0.15) is 17.3 Å². The summed E-state index contributed by atoms with van der Waals surface area (Å²) in [6, 6.07) is 5.40. The van der Waals surface area contributed by atoms with Crippen LogP contribution in [0.15, 0.2) is 24.3 Å². The van der Waals surface area contributed by atoms with Crippen molar-refractivity contribution in [1.29, 1.82) is 0 Å². The van der Waals surface area contributed by atoms with Crippen LogP contribution in [0.4, 0.5) is 19.0 Å². The monoisotopic (exact) mass is 297 g/mol. The molecule has 1 heterocycles. The molecule has 0 spiro atoms. The van der Waals surface area contributed by atoms with Gasteiger partial charge in [0.25, 0.3) is 0 Å². The summed E-state index contributed by atoms with van der Waals surface area (Å²) >= 11 is 0. The molecule has 0 amide bonds. The van der Waals surface area contributed by atoms with E-state index in [0.29, 0.717) is 24.6 Å². The van der Waals surface area contributed by atoms with Crippen LogP contribution in [-0.2, 0) is 19.1 Å². The van der Waals surface area contributed by atoms with Gasteiger partial charge in [-0.3, -0.25) is 0 Å². The Balaban J connectivity index is 2.63. The highest BCUT2D eigenvalue weighted by atomic mass is 19.4. The van der Waals surface area contributed by atoms with Crippen LogP contribution >= 0.6 is 0 Å². The molecule has 0 saturated heterocycles. The lowest BCUT2D eigenvalue weighted by Gasteiger charge is -2.12. The average Bonchev–Trinajstić information content (AvgIpc) is 2.75. The lowest BCUT2D eigenvalue weighted by molar-refractivity contribution is -0.137. The van der Waals surface area contributed by atoms with Gasteiger partial charge in [-0.1, -0.05) is 32.0 Å². The second-order valence-electron chi connectivity index (χ2n) is 4.81. The van der Waals surface area contributed by atoms with Crippen LogP contribution < -0.4 is 5.73 Å². The first kappa shape index (κ1) is 15.4. The number of anilines is 1. The van der Waals surface area contributed by atoms with E-state index in [2.05, 4.69) is 4.98 Å². The van der Waals surface area contributed by atoms with E-state index in [9.17, 15) is 13.2 Å². The molecular formula is C15H18F3N3. The summed E-state index contributed by atoms with van der Waals surface area (Å²) in [5.41, 5.74) is 5.59. The van der Waals surface area contributed by atoms with Crippen LogP contribution in [0, 0.1) is 0 Å². The number of alkyl halides is 3. The number of benzene rings is 1. The number of halogens is 3. The summed E-state index contributed by atoms with van der Waals surface area (Å²) in [4.78, 5) is 4.33. The Kier molecular flexibility index (Phi) is 4.25. The Morgan fingerprint density at radius 2 is 1.86 bits per heavy atom. The topological polar surface area (TPSA) is 43.8 Å². The van der Waals surface area contributed by atoms with Crippen molar-refractivity contribution in [2.24, 2.45) is 0 Å². The van der Waals surface area contributed by atoms with Gasteiger partial charge in [-0.05, 0) is 12.5 Å². The fourth-order valence-electron chi connectivity index (χ4n) is 2.39. The molecule has 0 atom stereocenters. The van der Waals surface area contributed by atoms with Gasteiger partial charge in [-0.15, -0.1) is 0 Å². The maximum atomic E-state index is 13.1. The first-order valence-electron chi connectivity index (χ1n) is 6.91. The predicted molar refractivity (Wildman–Crippen MR) is 76.7 cm³/mol. The molecule has 1 aromatic carbocycles. The maximum Gasteiger partial charge on any atom is 0.417 e. The van der Waals surface area contributed by atoms with Gasteiger partial charge in [0.05, 0.1) is 5.56 Å². The van der Waals surface area contributed by atoms with Crippen molar-refractivity contribution in [1.82, 2.24) is 9.55 Å². The molecule has 0 aliphatic heterocycles. The molecule has 0 aliphatic carbocycles. The maximum absolute atomic E-state index is 13.1. The highest BCUT2D eigenvalue weighted by Gasteiger charge is 2.34. The zero-order valence-electron chi connectivity index (χ0n) is 12.0. The third-order valence-corrected chi connectivity index (χ3v) is 3.34. The fourth-order valence-corrected chi connectivity index (χ4v) is 2.39. The van der Waals surface area contributed by atoms with Crippen LogP contribution in [-0.4, -0.2) is 9.55 Å². The van der Waals surface area contributed by atoms with Crippen molar-refractivity contribution in [3.05, 3.63) is 35.7 Å². The molecule has 0 fully saturated rings. The highest BCUT2D eigenvalue weighted by Crippen LogP contribution is 2.38. The first-order chi connectivity index (χ1) is 9.90. The molecule has 1 aromatic heterocycles. The third-order valence-electron chi connectivity index (χ3n) is 3.34. The molecule has 0 bridgehead atoms. The normalized spacial score (nSPS) is 11.9. The van der Waals surface area contributed by atoms with Crippen molar-refractivity contribution in [3.63, 3.8) is 0 Å². The number of nitrogens with zero attached hydrogens (tertiary/aromatic N) is 2. The number of imidazole rings is 1. The molecule has 3 nitrogen and oxygen atoms in total. The lowest BCUT2D eigenvalue weighted by Crippen LogP contribution is -2.08. The molecule has 0 unspecified atom stereocenters. The summed E-state index contributed by atoms with van der Waals surface area (Å²) in [6.07, 6.45) is -2.96. The van der Waals surface area contributed by atoms with Crippen molar-refractivity contribution in [2.45, 2.75) is 39.4 Å². The molecule has 0 saturated carbocycles. The summed E-state index contributed by atoms with van der Waals surface area (Å²) < 4.78 is 41.2. The number of aromatic nitrogens is 2. The fraction of sp³-hybridized carbons (Fsp3) is 0.400. The Labute approximate surface area is 121 Å². The van der Waals surface area contributed by atoms with Crippen LogP contribution in [0.2, 0.25) is 0 Å². The summed E-state index contributed by atoms with van der Waals surface area (Å²) in [7, 11) is 0. The molecule has 21 heavy (non-hydrogen) atoms. The molecule has 2 N–H and O–H groups in total. The van der Waals surface area contributed by atoms with Crippen molar-refractivity contribution < 1.29 is 13.2 Å². The molecule has 0 radical (unpaired) electrons. The quantitative estimate of drug-likeness (QED) is 0.922. The van der Waals surface area contributed by atoms with E-state index in [1.165, 1.54) is 12.1 Å². The Morgan fingerprint density at radius 3 is 2.43 bits per heavy atom. The zero-order chi connectivity index (χ0) is 15.6. The summed E-state index contributed by atoms with van der Waals surface area (Å²) in [6.45, 7) is 4.55. The highest BCUT2D eigenvalue weighted by molar-refractivity contribution is 5.74. The van der Waals surface area contributed by atoms with E-state index >= 15 is 0 Å². The Hall–Kier alpha value is -1.98. The first-order valence-corrected chi connectivity index (χ1v) is 6.91. The Morgan fingerprint density at radius 1 is 1.19 bits per heavy atom. The van der Waals surface area contributed by atoms with E-state index in [0.717, 1.165) is 12.5 Å². The molecule has 2 rings (SSSR count). The molecular weight excluding hydrogens is 279 g/mol. The van der Waals surface area contributed by atoms with Gasteiger partial charge in [-0.2, -0.15) is 13.2 Å². The Bertz CT molecular complexity index is 630. The second-order valence-corrected chi connectivity index (χ2v) is 4.81. The third kappa shape index (κ3) is 2.89. The number of nitrogen functional groups attached to an aromatic ring is 1. The molecule has 0 aliphatic rings. The predicted octanol–water partition coefficient (Wildman–Crippen LogP) is 4.12. The lowest BCUT2D eigenvalue weighted by atomic mass is 10.0. The smallest absolute Gasteiger partial charge is 0.383 e. The van der Waals surface area contributed by atoms with Gasteiger partial charge in [0, 0.05) is 18.5 Å². The molecule has 6 heteroatoms. The van der Waals surface area contributed by atoms with Gasteiger partial charge < -0.3 is 10.3 Å². The van der Waals surface area contributed by atoms with Gasteiger partial charge in [0.2, 0.25) is 0 Å². The zero-order valence-corrected chi connectivity index (χ0v) is 12.0. The number of hydrogen-bond donors (Lipinski definition) is 1. The van der Waals surface area contributed by atoms with Gasteiger partial charge in [-0.25, -0.2) is 4.98 Å². The van der Waals surface area contributed by atoms with Crippen LogP contribution in [0.3, 0.4) is 0 Å². The number of hydrogen-bond acceptors (Lipinski definition) is 2. The van der Waals surface area contributed by atoms with E-state index in [4.69, 9.17) is 5.73 Å². The minimum atomic E-state index is -4.43. The summed E-state index contributed by atoms with van der Waals surface area (Å²) in [5, 5.41) is 0. The van der Waals surface area contributed by atoms with Crippen LogP contribution in [0.1, 0.15) is 31.7 Å². The number of nitrogens with two attached hydrogens (primary N) is 1. The SMILES string of the molecule is CCCn1c(CC)nc(-c2ccccc2C(F)(F)F)c1N. The number of rotatable bonds is 4. The van der Waals surface area contributed by atoms with Crippen molar-refractivity contribution >= 4 is 5.82 Å². The van der Waals surface area contributed by atoms with Crippen molar-refractivity contribution in [3.8, 4) is 11.3 Å². The van der Waals surface area contributed by atoms with Crippen LogP contribution in [0.5, 0.6) is 0 Å².